The molecule has 3 aromatic rings. The van der Waals surface area contributed by atoms with Crippen molar-refractivity contribution in [2.75, 3.05) is 24.5 Å². The average molecular weight is 392 g/mol. The molecule has 1 fully saturated rings. The van der Waals surface area contributed by atoms with E-state index in [2.05, 4.69) is 26.6 Å². The summed E-state index contributed by atoms with van der Waals surface area (Å²) in [6, 6.07) is 11.8. The minimum Gasteiger partial charge on any atom is -0.329 e. The molecule has 3 heterocycles. The second-order valence-corrected chi connectivity index (χ2v) is 7.88. The van der Waals surface area contributed by atoms with Crippen LogP contribution >= 0.6 is 11.3 Å². The molecular formula is C21H21N5OS. The van der Waals surface area contributed by atoms with E-state index < -0.39 is 0 Å². The standard InChI is InChI=1S/C21H21N5OS/c1-16-6-9-28-21(16)26-8-7-24(14-20(26)27)13-19-11-23-15-25(19)12-18-4-2-17(10-22)3-5-18/h2-6,9,11,15H,7-8,12-14H2,1H3. The molecule has 1 aromatic carbocycles. The van der Waals surface area contributed by atoms with Crippen molar-refractivity contribution < 1.29 is 4.79 Å². The van der Waals surface area contributed by atoms with E-state index in [1.807, 2.05) is 54.0 Å². The van der Waals surface area contributed by atoms with Crippen LogP contribution in [0.2, 0.25) is 0 Å². The number of nitriles is 1. The molecule has 142 valence electrons. The molecule has 0 radical (unpaired) electrons. The Bertz CT molecular complexity index is 1010. The number of hydrogen-bond acceptors (Lipinski definition) is 5. The van der Waals surface area contributed by atoms with Crippen LogP contribution < -0.4 is 4.90 Å². The van der Waals surface area contributed by atoms with Crippen LogP contribution in [0.5, 0.6) is 0 Å². The molecule has 0 aliphatic carbocycles. The molecule has 1 amide bonds. The van der Waals surface area contributed by atoms with E-state index >= 15 is 0 Å². The highest BCUT2D eigenvalue weighted by Gasteiger charge is 2.27. The third-order valence-electron chi connectivity index (χ3n) is 5.00. The van der Waals surface area contributed by atoms with Gasteiger partial charge in [-0.15, -0.1) is 11.3 Å². The fourth-order valence-corrected chi connectivity index (χ4v) is 4.42. The lowest BCUT2D eigenvalue weighted by molar-refractivity contribution is -0.121. The van der Waals surface area contributed by atoms with Crippen LogP contribution in [0.3, 0.4) is 0 Å². The Balaban J connectivity index is 1.40. The summed E-state index contributed by atoms with van der Waals surface area (Å²) in [6.07, 6.45) is 3.69. The van der Waals surface area contributed by atoms with Gasteiger partial charge in [0.25, 0.3) is 0 Å². The summed E-state index contributed by atoms with van der Waals surface area (Å²) in [4.78, 5) is 21.0. The van der Waals surface area contributed by atoms with Crippen molar-refractivity contribution in [2.45, 2.75) is 20.0 Å². The molecule has 0 bridgehead atoms. The number of carbonyl (C=O) groups is 1. The largest absolute Gasteiger partial charge is 0.329 e. The molecule has 28 heavy (non-hydrogen) atoms. The molecule has 0 unspecified atom stereocenters. The minimum atomic E-state index is 0.148. The van der Waals surface area contributed by atoms with E-state index in [1.54, 1.807) is 11.3 Å². The van der Waals surface area contributed by atoms with Gasteiger partial charge in [-0.2, -0.15) is 5.26 Å². The first-order valence-electron chi connectivity index (χ1n) is 9.19. The molecule has 1 saturated heterocycles. The lowest BCUT2D eigenvalue weighted by Gasteiger charge is -2.34. The lowest BCUT2D eigenvalue weighted by atomic mass is 10.1. The number of benzene rings is 1. The number of piperazine rings is 1. The van der Waals surface area contributed by atoms with Crippen molar-refractivity contribution in [1.29, 1.82) is 5.26 Å². The monoisotopic (exact) mass is 391 g/mol. The minimum absolute atomic E-state index is 0.148. The molecule has 0 atom stereocenters. The zero-order chi connectivity index (χ0) is 19.5. The van der Waals surface area contributed by atoms with E-state index in [1.165, 1.54) is 0 Å². The Labute approximate surface area is 168 Å². The number of aromatic nitrogens is 2. The number of nitrogens with zero attached hydrogens (tertiary/aromatic N) is 5. The molecule has 1 aliphatic heterocycles. The van der Waals surface area contributed by atoms with E-state index in [0.29, 0.717) is 31.7 Å². The summed E-state index contributed by atoms with van der Waals surface area (Å²) >= 11 is 1.63. The average Bonchev–Trinajstić information content (AvgIpc) is 3.32. The number of amides is 1. The van der Waals surface area contributed by atoms with Gasteiger partial charge in [0.1, 0.15) is 5.00 Å². The highest BCUT2D eigenvalue weighted by Crippen LogP contribution is 2.28. The number of thiophene rings is 1. The van der Waals surface area contributed by atoms with Crippen molar-refractivity contribution in [3.8, 4) is 6.07 Å². The summed E-state index contributed by atoms with van der Waals surface area (Å²) in [5.41, 5.74) is 4.02. The van der Waals surface area contributed by atoms with Gasteiger partial charge in [0, 0.05) is 32.4 Å². The van der Waals surface area contributed by atoms with Gasteiger partial charge in [0.15, 0.2) is 0 Å². The highest BCUT2D eigenvalue weighted by atomic mass is 32.1. The Morgan fingerprint density at radius 1 is 1.18 bits per heavy atom. The maximum absolute atomic E-state index is 12.7. The number of anilines is 1. The molecular weight excluding hydrogens is 370 g/mol. The summed E-state index contributed by atoms with van der Waals surface area (Å²) in [5, 5.41) is 12.0. The van der Waals surface area contributed by atoms with Crippen molar-refractivity contribution in [2.24, 2.45) is 0 Å². The van der Waals surface area contributed by atoms with Crippen molar-refractivity contribution >= 4 is 22.2 Å². The summed E-state index contributed by atoms with van der Waals surface area (Å²) in [5.74, 6) is 0.148. The first-order chi connectivity index (χ1) is 13.6. The smallest absolute Gasteiger partial charge is 0.241 e. The van der Waals surface area contributed by atoms with Crippen molar-refractivity contribution in [1.82, 2.24) is 14.5 Å². The highest BCUT2D eigenvalue weighted by molar-refractivity contribution is 7.14. The number of hydrogen-bond donors (Lipinski definition) is 0. The fourth-order valence-electron chi connectivity index (χ4n) is 3.45. The van der Waals surface area contributed by atoms with E-state index in [-0.39, 0.29) is 5.91 Å². The van der Waals surface area contributed by atoms with Crippen molar-refractivity contribution in [3.05, 3.63) is 70.6 Å². The molecule has 0 N–H and O–H groups in total. The second-order valence-electron chi connectivity index (χ2n) is 6.99. The number of rotatable bonds is 5. The Hall–Kier alpha value is -2.95. The zero-order valence-electron chi connectivity index (χ0n) is 15.7. The van der Waals surface area contributed by atoms with Crippen LogP contribution in [-0.4, -0.2) is 40.0 Å². The fraction of sp³-hybridized carbons (Fsp3) is 0.286. The van der Waals surface area contributed by atoms with Gasteiger partial charge in [-0.05, 0) is 41.6 Å². The SMILES string of the molecule is Cc1ccsc1N1CCN(Cc2cncn2Cc2ccc(C#N)cc2)CC1=O. The van der Waals surface area contributed by atoms with Crippen LogP contribution in [0.15, 0.2) is 48.2 Å². The number of aryl methyl sites for hydroxylation is 1. The summed E-state index contributed by atoms with van der Waals surface area (Å²) < 4.78 is 2.10. The van der Waals surface area contributed by atoms with Gasteiger partial charge in [-0.3, -0.25) is 9.69 Å². The van der Waals surface area contributed by atoms with Crippen LogP contribution in [0, 0.1) is 18.3 Å². The van der Waals surface area contributed by atoms with E-state index in [9.17, 15) is 4.79 Å². The third kappa shape index (κ3) is 3.84. The predicted molar refractivity (Wildman–Crippen MR) is 109 cm³/mol. The maximum Gasteiger partial charge on any atom is 0.241 e. The Morgan fingerprint density at radius 2 is 2.00 bits per heavy atom. The van der Waals surface area contributed by atoms with Crippen molar-refractivity contribution in [3.63, 3.8) is 0 Å². The van der Waals surface area contributed by atoms with Gasteiger partial charge >= 0.3 is 0 Å². The quantitative estimate of drug-likeness (QED) is 0.671. The van der Waals surface area contributed by atoms with Gasteiger partial charge in [-0.25, -0.2) is 4.98 Å². The van der Waals surface area contributed by atoms with E-state index in [0.717, 1.165) is 28.4 Å². The zero-order valence-corrected chi connectivity index (χ0v) is 16.5. The number of carbonyl (C=O) groups excluding carboxylic acids is 1. The molecule has 1 aliphatic rings. The normalized spacial score (nSPS) is 15.0. The van der Waals surface area contributed by atoms with E-state index in [4.69, 9.17) is 5.26 Å². The maximum atomic E-state index is 12.7. The third-order valence-corrected chi connectivity index (χ3v) is 6.04. The van der Waals surface area contributed by atoms with Gasteiger partial charge in [-0.1, -0.05) is 12.1 Å². The second kappa shape index (κ2) is 7.97. The molecule has 4 rings (SSSR count). The first-order valence-corrected chi connectivity index (χ1v) is 10.1. The Kier molecular flexibility index (Phi) is 5.24. The molecule has 2 aromatic heterocycles. The summed E-state index contributed by atoms with van der Waals surface area (Å²) in [6.45, 7) is 5.41. The molecule has 0 spiro atoms. The first kappa shape index (κ1) is 18.4. The van der Waals surface area contributed by atoms with Crippen LogP contribution in [0.4, 0.5) is 5.00 Å². The lowest BCUT2D eigenvalue weighted by Crippen LogP contribution is -2.50. The van der Waals surface area contributed by atoms with Gasteiger partial charge in [0.2, 0.25) is 5.91 Å². The molecule has 7 heteroatoms. The van der Waals surface area contributed by atoms with Crippen LogP contribution in [0.25, 0.3) is 0 Å². The molecule has 6 nitrogen and oxygen atoms in total. The topological polar surface area (TPSA) is 65.2 Å². The summed E-state index contributed by atoms with van der Waals surface area (Å²) in [7, 11) is 0. The van der Waals surface area contributed by atoms with Crippen LogP contribution in [-0.2, 0) is 17.9 Å². The predicted octanol–water partition coefficient (Wildman–Crippen LogP) is 3.02. The van der Waals surface area contributed by atoms with Gasteiger partial charge in [0.05, 0.1) is 30.2 Å². The Morgan fingerprint density at radius 3 is 2.68 bits per heavy atom. The van der Waals surface area contributed by atoms with Gasteiger partial charge < -0.3 is 9.47 Å². The number of imidazole rings is 1. The van der Waals surface area contributed by atoms with Crippen LogP contribution in [0.1, 0.15) is 22.4 Å². The molecule has 0 saturated carbocycles.